The van der Waals surface area contributed by atoms with E-state index in [-0.39, 0.29) is 28.8 Å². The van der Waals surface area contributed by atoms with Gasteiger partial charge in [-0.15, -0.1) is 0 Å². The van der Waals surface area contributed by atoms with Gasteiger partial charge in [-0.3, -0.25) is 0 Å². The number of anilines is 1. The van der Waals surface area contributed by atoms with Gasteiger partial charge in [-0.25, -0.2) is 0 Å². The van der Waals surface area contributed by atoms with E-state index in [4.69, 9.17) is 5.73 Å². The number of carbonyl (C=O) groups excluding carboxylic acids is 3. The van der Waals surface area contributed by atoms with Crippen LogP contribution < -0.4 is 11.1 Å². The van der Waals surface area contributed by atoms with E-state index in [2.05, 4.69) is 28.7 Å². The van der Waals surface area contributed by atoms with Crippen LogP contribution in [0, 0.1) is 0 Å². The first-order valence-corrected chi connectivity index (χ1v) is 17.3. The molecule has 0 unspecified atom stereocenters. The summed E-state index contributed by atoms with van der Waals surface area (Å²) in [5.74, 6) is -1.01. The Morgan fingerprint density at radius 2 is 2.00 bits per heavy atom. The summed E-state index contributed by atoms with van der Waals surface area (Å²) in [7, 11) is 1.78. The van der Waals surface area contributed by atoms with E-state index in [1.54, 1.807) is 48.3 Å². The molecule has 0 saturated carbocycles. The maximum atomic E-state index is 14.6. The predicted octanol–water partition coefficient (Wildman–Crippen LogP) is 0.704. The third-order valence-corrected chi connectivity index (χ3v) is 13.8. The Bertz CT molecular complexity index is 1460. The Hall–Kier alpha value is -3.94. The number of primary amides is 1. The van der Waals surface area contributed by atoms with Crippen molar-refractivity contribution in [3.05, 3.63) is 60.7 Å². The first-order chi connectivity index (χ1) is 18.3. The normalized spacial score (nSPS) is 18.8. The fraction of sp³-hybridized carbons (Fsp3) is 0.250. The quantitative estimate of drug-likeness (QED) is 0.394. The molecule has 1 fully saturated rings. The number of carbonyl (C=O) groups is 3. The fourth-order valence-corrected chi connectivity index (χ4v) is 11.7. The number of hydrogen-bond acceptors (Lipinski definition) is 8. The Kier molecular flexibility index (Phi) is 7.31. The number of hydrogen-bond donors (Lipinski definition) is 2. The molecule has 3 amide bonds. The number of nitrogens with one attached hydrogen (secondary N) is 1. The molecule has 0 aliphatic carbocycles. The standard InChI is InChI=1S/C16H17FN5O2.C8H6N4O.In/c1-10(23)22-8-11(17)7-14(22)16(24)19-13-6-4-3-5-12(13)15-20-18-9-21(15)2;9-7(8(10)13)2-1-6-3-4-11-12-5-6;/h3-6,9,11,14H,1,7-8H2,2H3,(H,19,24);2-5H,(H2,10,13);/q;-1;+1/t11-,14+;;/m1../s1. The third kappa shape index (κ3) is 5.21. The number of nitrogens with zero attached hydrogens (tertiary/aromatic N) is 7. The van der Waals surface area contributed by atoms with Crippen molar-refractivity contribution >= 4 is 54.2 Å². The zero-order valence-electron chi connectivity index (χ0n) is 20.4. The number of aromatic nitrogens is 5. The van der Waals surface area contributed by atoms with Gasteiger partial charge in [-0.05, 0) is 0 Å². The molecule has 2 aliphatic heterocycles. The average molecular weight is 619 g/mol. The van der Waals surface area contributed by atoms with Gasteiger partial charge in [-0.1, -0.05) is 0 Å². The van der Waals surface area contributed by atoms with Gasteiger partial charge in [0.15, 0.2) is 0 Å². The Morgan fingerprint density at radius 1 is 1.18 bits per heavy atom. The number of aryl methyl sites for hydroxylation is 1. The van der Waals surface area contributed by atoms with Crippen molar-refractivity contribution in [1.82, 2.24) is 29.9 Å². The van der Waals surface area contributed by atoms with Crippen molar-refractivity contribution in [2.45, 2.75) is 22.8 Å². The van der Waals surface area contributed by atoms with Crippen LogP contribution in [0.1, 0.15) is 12.0 Å². The van der Waals surface area contributed by atoms with E-state index in [0.717, 1.165) is 3.33 Å². The summed E-state index contributed by atoms with van der Waals surface area (Å²) in [6.07, 6.45) is 4.74. The summed E-state index contributed by atoms with van der Waals surface area (Å²) < 4.78 is 21.6. The van der Waals surface area contributed by atoms with Crippen molar-refractivity contribution < 1.29 is 18.8 Å². The molecule has 2 atom stereocenters. The zero-order valence-corrected chi connectivity index (χ0v) is 23.7. The van der Waals surface area contributed by atoms with Crippen molar-refractivity contribution in [3.63, 3.8) is 0 Å². The minimum absolute atomic E-state index is 0.0264. The maximum absolute atomic E-state index is 14.6. The molecule has 4 heterocycles. The number of nitrogens with two attached hydrogens (primary N) is 1. The van der Waals surface area contributed by atoms with Crippen LogP contribution in [0.3, 0.4) is 0 Å². The van der Waals surface area contributed by atoms with Gasteiger partial charge < -0.3 is 0 Å². The average Bonchev–Trinajstić information content (AvgIpc) is 3.63. The molecule has 3 aromatic rings. The van der Waals surface area contributed by atoms with Gasteiger partial charge in [0.25, 0.3) is 0 Å². The van der Waals surface area contributed by atoms with Gasteiger partial charge in [-0.2, -0.15) is 0 Å². The SMILES string of the molecule is Cn1cnnc1-c1ccccc1NC(=O)[C@@H]1C[C@@H](F)CN1C(=O)[CH2][In]1[N]=C(C(N)=O)C=[C]1c1ccnnc1. The summed E-state index contributed by atoms with van der Waals surface area (Å²) in [6, 6.07) is 7.81. The van der Waals surface area contributed by atoms with Crippen molar-refractivity contribution in [2.24, 2.45) is 15.8 Å². The monoisotopic (exact) mass is 619 g/mol. The number of benzene rings is 1. The number of rotatable bonds is 7. The molecule has 0 bridgehead atoms. The molecule has 192 valence electrons. The molecule has 2 aliphatic rings. The van der Waals surface area contributed by atoms with Crippen LogP contribution in [-0.2, 0) is 21.4 Å². The summed E-state index contributed by atoms with van der Waals surface area (Å²) >= 11 is -3.29. The molecule has 1 aromatic carbocycles. The number of amides is 3. The van der Waals surface area contributed by atoms with E-state index in [1.807, 2.05) is 6.07 Å². The van der Waals surface area contributed by atoms with Crippen LogP contribution in [0.4, 0.5) is 10.1 Å². The fourth-order valence-electron chi connectivity index (χ4n) is 4.67. The molecule has 1 saturated heterocycles. The first-order valence-electron chi connectivity index (χ1n) is 11.9. The van der Waals surface area contributed by atoms with Crippen LogP contribution in [-0.4, -0.2) is 93.8 Å². The molecule has 5 rings (SSSR count). The van der Waals surface area contributed by atoms with E-state index in [0.29, 0.717) is 22.6 Å². The van der Waals surface area contributed by atoms with Crippen LogP contribution in [0.15, 0.2) is 58.1 Å². The van der Waals surface area contributed by atoms with Gasteiger partial charge in [0.05, 0.1) is 0 Å². The summed E-state index contributed by atoms with van der Waals surface area (Å²) in [4.78, 5) is 39.9. The Morgan fingerprint density at radius 3 is 2.71 bits per heavy atom. The van der Waals surface area contributed by atoms with Crippen LogP contribution in [0.5, 0.6) is 0 Å². The van der Waals surface area contributed by atoms with Gasteiger partial charge >= 0.3 is 225 Å². The molecule has 14 heteroatoms. The molecule has 0 spiro atoms. The number of para-hydroxylation sites is 1. The van der Waals surface area contributed by atoms with E-state index in [9.17, 15) is 18.8 Å². The summed E-state index contributed by atoms with van der Waals surface area (Å²) in [5.41, 5.74) is 7.40. The molecule has 0 radical (unpaired) electrons. The van der Waals surface area contributed by atoms with Gasteiger partial charge in [0.2, 0.25) is 0 Å². The molecule has 3 N–H and O–H groups in total. The molecule has 2 aromatic heterocycles. The van der Waals surface area contributed by atoms with Crippen molar-refractivity contribution in [3.8, 4) is 11.4 Å². The molecule has 12 nitrogen and oxygen atoms in total. The predicted molar refractivity (Wildman–Crippen MR) is 137 cm³/mol. The van der Waals surface area contributed by atoms with E-state index < -0.39 is 45.8 Å². The van der Waals surface area contributed by atoms with Crippen molar-refractivity contribution in [2.75, 3.05) is 11.9 Å². The first kappa shape index (κ1) is 25.7. The molecular weight excluding hydrogens is 596 g/mol. The van der Waals surface area contributed by atoms with Crippen LogP contribution in [0.2, 0.25) is 4.18 Å². The van der Waals surface area contributed by atoms with Crippen LogP contribution in [0.25, 0.3) is 14.7 Å². The van der Waals surface area contributed by atoms with E-state index in [1.165, 1.54) is 17.3 Å². The number of alkyl halides is 1. The number of likely N-dealkylation sites (tertiary alicyclic amines) is 1. The Labute approximate surface area is 224 Å². The minimum atomic E-state index is -3.29. The molecule has 38 heavy (non-hydrogen) atoms. The second-order valence-corrected chi connectivity index (χ2v) is 15.6. The molecular formula is C24H23FInN9O3. The summed E-state index contributed by atoms with van der Waals surface area (Å²) in [6.45, 7) is -0.192. The van der Waals surface area contributed by atoms with Gasteiger partial charge in [0, 0.05) is 0 Å². The van der Waals surface area contributed by atoms with Gasteiger partial charge in [0.1, 0.15) is 0 Å². The second kappa shape index (κ2) is 10.8. The summed E-state index contributed by atoms with van der Waals surface area (Å²) in [5, 5.41) is 18.5. The zero-order chi connectivity index (χ0) is 26.8. The number of halogens is 1. The van der Waals surface area contributed by atoms with Crippen LogP contribution >= 0.6 is 0 Å². The Balaban J connectivity index is 1.35. The second-order valence-electron chi connectivity index (χ2n) is 9.02. The third-order valence-electron chi connectivity index (χ3n) is 6.49. The topological polar surface area (TPSA) is 161 Å². The van der Waals surface area contributed by atoms with Crippen molar-refractivity contribution in [1.29, 1.82) is 0 Å². The van der Waals surface area contributed by atoms with E-state index >= 15 is 0 Å².